The van der Waals surface area contributed by atoms with Gasteiger partial charge in [-0.05, 0) is 26.0 Å². The molecule has 94 valence electrons. The third-order valence-electron chi connectivity index (χ3n) is 2.46. The summed E-state index contributed by atoms with van der Waals surface area (Å²) in [5.74, 6) is -0.487. The molecule has 0 bridgehead atoms. The summed E-state index contributed by atoms with van der Waals surface area (Å²) in [4.78, 5) is 0. The zero-order chi connectivity index (χ0) is 12.5. The van der Waals surface area contributed by atoms with Crippen LogP contribution >= 0.6 is 0 Å². The van der Waals surface area contributed by atoms with E-state index in [0.717, 1.165) is 0 Å². The Kier molecular flexibility index (Phi) is 3.22. The van der Waals surface area contributed by atoms with E-state index >= 15 is 0 Å². The largest absolute Gasteiger partial charge is 0.489 e. The molecule has 2 rings (SSSR count). The van der Waals surface area contributed by atoms with Crippen LogP contribution in [0.3, 0.4) is 0 Å². The molecule has 17 heavy (non-hydrogen) atoms. The Balaban J connectivity index is 1.90. The molecule has 0 saturated carbocycles. The van der Waals surface area contributed by atoms with Crippen LogP contribution in [0.5, 0.6) is 5.75 Å². The number of hydrogen-bond donors (Lipinski definition) is 1. The number of hydrogen-bond acceptors (Lipinski definition) is 4. The van der Waals surface area contributed by atoms with Crippen molar-refractivity contribution < 1.29 is 18.6 Å². The van der Waals surface area contributed by atoms with Gasteiger partial charge in [0.25, 0.3) is 0 Å². The molecule has 2 N–H and O–H groups in total. The van der Waals surface area contributed by atoms with E-state index in [1.165, 1.54) is 18.2 Å². The van der Waals surface area contributed by atoms with Crippen LogP contribution in [-0.4, -0.2) is 25.1 Å². The SMILES string of the molecule is CC1(C)OCC(COc2ccc(F)cc2N)O1. The molecule has 0 aromatic heterocycles. The summed E-state index contributed by atoms with van der Waals surface area (Å²) < 4.78 is 29.3. The molecular weight excluding hydrogens is 225 g/mol. The first kappa shape index (κ1) is 12.1. The van der Waals surface area contributed by atoms with Crippen molar-refractivity contribution in [1.82, 2.24) is 0 Å². The van der Waals surface area contributed by atoms with Crippen LogP contribution in [0.15, 0.2) is 18.2 Å². The van der Waals surface area contributed by atoms with Crippen LogP contribution in [0, 0.1) is 5.82 Å². The fourth-order valence-electron chi connectivity index (χ4n) is 1.68. The zero-order valence-electron chi connectivity index (χ0n) is 9.90. The molecule has 1 unspecified atom stereocenters. The Morgan fingerprint density at radius 3 is 2.88 bits per heavy atom. The van der Waals surface area contributed by atoms with Crippen molar-refractivity contribution in [2.24, 2.45) is 0 Å². The predicted molar refractivity (Wildman–Crippen MR) is 61.2 cm³/mol. The summed E-state index contributed by atoms with van der Waals surface area (Å²) in [6.45, 7) is 4.51. The van der Waals surface area contributed by atoms with Crippen molar-refractivity contribution in [2.75, 3.05) is 18.9 Å². The minimum Gasteiger partial charge on any atom is -0.489 e. The first-order chi connectivity index (χ1) is 7.96. The number of halogens is 1. The number of anilines is 1. The fourth-order valence-corrected chi connectivity index (χ4v) is 1.68. The maximum Gasteiger partial charge on any atom is 0.163 e. The van der Waals surface area contributed by atoms with Gasteiger partial charge >= 0.3 is 0 Å². The molecule has 0 radical (unpaired) electrons. The molecule has 1 aromatic carbocycles. The lowest BCUT2D eigenvalue weighted by atomic mass is 10.3. The zero-order valence-corrected chi connectivity index (χ0v) is 9.90. The van der Waals surface area contributed by atoms with E-state index in [4.69, 9.17) is 19.9 Å². The van der Waals surface area contributed by atoms with Gasteiger partial charge < -0.3 is 19.9 Å². The standard InChI is InChI=1S/C12H16FNO3/c1-12(2)16-7-9(17-12)6-15-11-4-3-8(13)5-10(11)14/h3-5,9H,6-7,14H2,1-2H3. The van der Waals surface area contributed by atoms with Gasteiger partial charge in [-0.1, -0.05) is 0 Å². The summed E-state index contributed by atoms with van der Waals surface area (Å²) in [7, 11) is 0. The molecule has 1 saturated heterocycles. The maximum absolute atomic E-state index is 12.8. The van der Waals surface area contributed by atoms with Crippen molar-refractivity contribution in [3.05, 3.63) is 24.0 Å². The van der Waals surface area contributed by atoms with Crippen molar-refractivity contribution in [3.63, 3.8) is 0 Å². The van der Waals surface area contributed by atoms with E-state index in [1.807, 2.05) is 13.8 Å². The monoisotopic (exact) mass is 241 g/mol. The average molecular weight is 241 g/mol. The first-order valence-corrected chi connectivity index (χ1v) is 5.46. The summed E-state index contributed by atoms with van der Waals surface area (Å²) >= 11 is 0. The van der Waals surface area contributed by atoms with Gasteiger partial charge in [-0.3, -0.25) is 0 Å². The van der Waals surface area contributed by atoms with Gasteiger partial charge in [-0.25, -0.2) is 4.39 Å². The highest BCUT2D eigenvalue weighted by Gasteiger charge is 2.33. The van der Waals surface area contributed by atoms with Crippen LogP contribution in [-0.2, 0) is 9.47 Å². The Morgan fingerprint density at radius 1 is 1.53 bits per heavy atom. The van der Waals surface area contributed by atoms with Crippen LogP contribution in [0.2, 0.25) is 0 Å². The highest BCUT2D eigenvalue weighted by atomic mass is 19.1. The van der Waals surface area contributed by atoms with Gasteiger partial charge in [0.05, 0.1) is 12.3 Å². The van der Waals surface area contributed by atoms with Gasteiger partial charge in [0.2, 0.25) is 0 Å². The number of benzene rings is 1. The van der Waals surface area contributed by atoms with Crippen molar-refractivity contribution in [1.29, 1.82) is 0 Å². The van der Waals surface area contributed by atoms with Crippen LogP contribution in [0.4, 0.5) is 10.1 Å². The highest BCUT2D eigenvalue weighted by Crippen LogP contribution is 2.25. The molecule has 1 aliphatic rings. The molecule has 0 spiro atoms. The third kappa shape index (κ3) is 3.08. The molecule has 1 aromatic rings. The van der Waals surface area contributed by atoms with E-state index in [2.05, 4.69) is 0 Å². The van der Waals surface area contributed by atoms with Crippen molar-refractivity contribution in [3.8, 4) is 5.75 Å². The summed E-state index contributed by atoms with van der Waals surface area (Å²) in [5, 5.41) is 0. The van der Waals surface area contributed by atoms with E-state index in [-0.39, 0.29) is 17.6 Å². The second kappa shape index (κ2) is 4.50. The quantitative estimate of drug-likeness (QED) is 0.822. The number of nitrogens with two attached hydrogens (primary N) is 1. The Hall–Kier alpha value is -1.33. The topological polar surface area (TPSA) is 53.7 Å². The van der Waals surface area contributed by atoms with E-state index < -0.39 is 5.79 Å². The Labute approximate surface area is 99.5 Å². The predicted octanol–water partition coefficient (Wildman–Crippen LogP) is 1.94. The summed E-state index contributed by atoms with van der Waals surface area (Å²) in [6, 6.07) is 4.04. The summed E-state index contributed by atoms with van der Waals surface area (Å²) in [6.07, 6.45) is -0.130. The smallest absolute Gasteiger partial charge is 0.163 e. The Bertz CT molecular complexity index is 409. The van der Waals surface area contributed by atoms with Crippen molar-refractivity contribution >= 4 is 5.69 Å². The molecule has 1 aliphatic heterocycles. The van der Waals surface area contributed by atoms with Crippen LogP contribution in [0.25, 0.3) is 0 Å². The van der Waals surface area contributed by atoms with E-state index in [0.29, 0.717) is 19.0 Å². The molecule has 4 nitrogen and oxygen atoms in total. The lowest BCUT2D eigenvalue weighted by molar-refractivity contribution is -0.141. The van der Waals surface area contributed by atoms with Crippen molar-refractivity contribution in [2.45, 2.75) is 25.7 Å². The number of nitrogen functional groups attached to an aromatic ring is 1. The molecule has 1 fully saturated rings. The highest BCUT2D eigenvalue weighted by molar-refractivity contribution is 5.52. The third-order valence-corrected chi connectivity index (χ3v) is 2.46. The molecule has 1 atom stereocenters. The second-order valence-corrected chi connectivity index (χ2v) is 4.44. The lowest BCUT2D eigenvalue weighted by Crippen LogP contribution is -2.25. The fraction of sp³-hybridized carbons (Fsp3) is 0.500. The molecule has 0 aliphatic carbocycles. The van der Waals surface area contributed by atoms with Gasteiger partial charge in [-0.2, -0.15) is 0 Å². The normalized spacial score (nSPS) is 22.6. The Morgan fingerprint density at radius 2 is 2.29 bits per heavy atom. The van der Waals surface area contributed by atoms with E-state index in [1.54, 1.807) is 0 Å². The molecule has 1 heterocycles. The minimum atomic E-state index is -0.567. The number of rotatable bonds is 3. The lowest BCUT2D eigenvalue weighted by Gasteiger charge is -2.17. The van der Waals surface area contributed by atoms with Gasteiger partial charge in [0, 0.05) is 6.07 Å². The first-order valence-electron chi connectivity index (χ1n) is 5.46. The average Bonchev–Trinajstić information content (AvgIpc) is 2.57. The molecule has 0 amide bonds. The second-order valence-electron chi connectivity index (χ2n) is 4.44. The van der Waals surface area contributed by atoms with Crippen LogP contribution < -0.4 is 10.5 Å². The molecular formula is C12H16FNO3. The number of ether oxygens (including phenoxy) is 3. The van der Waals surface area contributed by atoms with E-state index in [9.17, 15) is 4.39 Å². The minimum absolute atomic E-state index is 0.130. The van der Waals surface area contributed by atoms with Gasteiger partial charge in [-0.15, -0.1) is 0 Å². The molecule has 5 heteroatoms. The summed E-state index contributed by atoms with van der Waals surface area (Å²) in [5.41, 5.74) is 5.90. The maximum atomic E-state index is 12.8. The van der Waals surface area contributed by atoms with Gasteiger partial charge in [0.1, 0.15) is 24.3 Å². The van der Waals surface area contributed by atoms with Gasteiger partial charge in [0.15, 0.2) is 5.79 Å². The van der Waals surface area contributed by atoms with Crippen LogP contribution in [0.1, 0.15) is 13.8 Å².